The van der Waals surface area contributed by atoms with Crippen LogP contribution < -0.4 is 0 Å². The molecule has 0 aliphatic rings. The van der Waals surface area contributed by atoms with Crippen LogP contribution in [0.2, 0.25) is 0 Å². The first-order chi connectivity index (χ1) is 6.36. The fourth-order valence-electron chi connectivity index (χ4n) is 0.135. The lowest BCUT2D eigenvalue weighted by atomic mass is 10.5. The zero-order valence-corrected chi connectivity index (χ0v) is 9.85. The van der Waals surface area contributed by atoms with Crippen molar-refractivity contribution in [1.82, 2.24) is 0 Å². The lowest BCUT2D eigenvalue weighted by molar-refractivity contribution is -0.147. The number of carboxylic acid groups (broad SMARTS) is 2. The molecule has 2 radical (unpaired) electrons. The largest absolute Gasteiger partial charge is 0.475 e. The molecule has 0 aliphatic carbocycles. The van der Waals surface area contributed by atoms with Crippen LogP contribution in [-0.4, -0.2) is 45.2 Å². The van der Waals surface area contributed by atoms with Gasteiger partial charge in [0, 0.05) is 13.5 Å². The molecule has 0 unspecified atom stereocenters. The summed E-state index contributed by atoms with van der Waals surface area (Å²) in [6.07, 6.45) is 0. The molecule has 0 saturated carbocycles. The van der Waals surface area contributed by atoms with Crippen LogP contribution in [0.25, 0.3) is 0 Å². The van der Waals surface area contributed by atoms with Gasteiger partial charge in [0.15, 0.2) is 0 Å². The first kappa shape index (κ1) is 19.8. The molecule has 0 rings (SSSR count). The minimum Gasteiger partial charge on any atom is -0.475 e. The summed E-state index contributed by atoms with van der Waals surface area (Å²) in [6, 6.07) is 0. The third kappa shape index (κ3) is 13.3. The van der Waals surface area contributed by atoms with Crippen molar-refractivity contribution < 1.29 is 29.4 Å². The summed E-state index contributed by atoms with van der Waals surface area (Å²) in [6.45, 7) is 0. The maximum absolute atomic E-state index is 9.84. The second-order valence-corrected chi connectivity index (χ2v) is 2.41. The van der Waals surface area contributed by atoms with E-state index in [1.807, 2.05) is 0 Å². The number of ketones is 2. The highest BCUT2D eigenvalue weighted by atomic mass is 32.1. The van der Waals surface area contributed by atoms with Crippen LogP contribution in [0.5, 0.6) is 0 Å². The highest BCUT2D eigenvalue weighted by Crippen LogP contribution is 1.75. The van der Waals surface area contributed by atoms with Gasteiger partial charge in [0.05, 0.1) is 11.5 Å². The van der Waals surface area contributed by atoms with E-state index in [0.29, 0.717) is 0 Å². The van der Waals surface area contributed by atoms with Gasteiger partial charge < -0.3 is 10.2 Å². The van der Waals surface area contributed by atoms with Crippen molar-refractivity contribution in [2.24, 2.45) is 0 Å². The zero-order chi connectivity index (χ0) is 11.7. The highest BCUT2D eigenvalue weighted by Gasteiger charge is 2.06. The molecule has 9 heteroatoms. The summed E-state index contributed by atoms with van der Waals surface area (Å²) in [5, 5.41) is 15.6. The van der Waals surface area contributed by atoms with Gasteiger partial charge >= 0.3 is 11.9 Å². The Balaban J connectivity index is -0.000000180. The third-order valence-electron chi connectivity index (χ3n) is 0.764. The fourth-order valence-corrected chi connectivity index (χ4v) is 0.406. The molecule has 0 aromatic heterocycles. The Hall–Kier alpha value is -0.670. The van der Waals surface area contributed by atoms with E-state index in [-0.39, 0.29) is 25.0 Å². The number of carbonyl (C=O) groups excluding carboxylic acids is 2. The van der Waals surface area contributed by atoms with Gasteiger partial charge in [-0.3, -0.25) is 9.59 Å². The molecular weight excluding hydrogens is 264 g/mol. The highest BCUT2D eigenvalue weighted by molar-refractivity contribution is 7.81. The third-order valence-corrected chi connectivity index (χ3v) is 1.34. The molecule has 0 fully saturated rings. The quantitative estimate of drug-likeness (QED) is 0.416. The lowest BCUT2D eigenvalue weighted by Crippen LogP contribution is -2.12. The number of carbonyl (C=O) groups is 4. The minimum atomic E-state index is -1.42. The number of thiol groups is 2. The normalized spacial score (nSPS) is 7.60. The second-order valence-electron chi connectivity index (χ2n) is 1.77. The van der Waals surface area contributed by atoms with Crippen molar-refractivity contribution >= 4 is 62.3 Å². The molecule has 0 atom stereocenters. The first-order valence-electron chi connectivity index (χ1n) is 3.10. The van der Waals surface area contributed by atoms with Crippen LogP contribution in [0.3, 0.4) is 0 Å². The zero-order valence-electron chi connectivity index (χ0n) is 7.24. The van der Waals surface area contributed by atoms with E-state index in [2.05, 4.69) is 25.3 Å². The Bertz CT molecular complexity index is 225. The van der Waals surface area contributed by atoms with Gasteiger partial charge in [0.2, 0.25) is 11.6 Å². The van der Waals surface area contributed by atoms with Crippen molar-refractivity contribution in [2.75, 3.05) is 11.5 Å². The predicted octanol–water partition coefficient (Wildman–Crippen LogP) is -0.212. The van der Waals surface area contributed by atoms with Gasteiger partial charge in [0.25, 0.3) is 0 Å². The molecule has 15 heavy (non-hydrogen) atoms. The van der Waals surface area contributed by atoms with Crippen molar-refractivity contribution in [3.05, 3.63) is 0 Å². The van der Waals surface area contributed by atoms with E-state index in [1.54, 1.807) is 0 Å². The van der Waals surface area contributed by atoms with Crippen molar-refractivity contribution in [1.29, 1.82) is 0 Å². The van der Waals surface area contributed by atoms with Gasteiger partial charge in [0.1, 0.15) is 0 Å². The summed E-state index contributed by atoms with van der Waals surface area (Å²) in [4.78, 5) is 38.7. The summed E-state index contributed by atoms with van der Waals surface area (Å²) >= 11 is 6.85. The Morgan fingerprint density at radius 3 is 1.00 bits per heavy atom. The Morgan fingerprint density at radius 2 is 1.00 bits per heavy atom. The number of hydrogen-bond acceptors (Lipinski definition) is 6. The molecule has 0 spiro atoms. The summed E-state index contributed by atoms with van der Waals surface area (Å²) < 4.78 is 0. The number of rotatable bonds is 4. The molecule has 0 aliphatic heterocycles. The number of aliphatic carboxylic acids is 2. The van der Waals surface area contributed by atoms with E-state index in [1.165, 1.54) is 0 Å². The topological polar surface area (TPSA) is 109 Å². The van der Waals surface area contributed by atoms with Crippen LogP contribution in [0.15, 0.2) is 0 Å². The van der Waals surface area contributed by atoms with E-state index >= 15 is 0 Å². The Labute approximate surface area is 103 Å². The maximum Gasteiger partial charge on any atom is 0.373 e. The van der Waals surface area contributed by atoms with Gasteiger partial charge in [-0.25, -0.2) is 9.59 Å². The Kier molecular flexibility index (Phi) is 15.1. The fraction of sp³-hybridized carbons (Fsp3) is 0.333. The van der Waals surface area contributed by atoms with Crippen molar-refractivity contribution in [2.45, 2.75) is 0 Å². The average Bonchev–Trinajstić information content (AvgIpc) is 2.15. The van der Waals surface area contributed by atoms with Gasteiger partial charge in [-0.1, -0.05) is 0 Å². The predicted molar refractivity (Wildman–Crippen MR) is 60.6 cm³/mol. The number of hydrogen-bond donors (Lipinski definition) is 4. The van der Waals surface area contributed by atoms with E-state index in [9.17, 15) is 19.2 Å². The lowest BCUT2D eigenvalue weighted by Gasteiger charge is -1.80. The number of carboxylic acids is 2. The SMILES string of the molecule is O=C(O)C(=O)CS.O=C(O)C(=O)CS.[S]. The maximum atomic E-state index is 9.84. The molecule has 0 bridgehead atoms. The Morgan fingerprint density at radius 1 is 0.800 bits per heavy atom. The molecular formula is C6H8O6S3. The van der Waals surface area contributed by atoms with Crippen LogP contribution in [0.1, 0.15) is 0 Å². The van der Waals surface area contributed by atoms with Crippen LogP contribution in [-0.2, 0) is 19.2 Å². The molecule has 0 amide bonds. The van der Waals surface area contributed by atoms with Crippen molar-refractivity contribution in [3.63, 3.8) is 0 Å². The van der Waals surface area contributed by atoms with E-state index in [0.717, 1.165) is 0 Å². The summed E-state index contributed by atoms with van der Waals surface area (Å²) in [5.41, 5.74) is 0. The monoisotopic (exact) mass is 272 g/mol. The molecule has 0 heterocycles. The van der Waals surface area contributed by atoms with Gasteiger partial charge in [-0.05, 0) is 0 Å². The standard InChI is InChI=1S/2C3H4O3S.S/c2*4-2(1-7)3(5)6;/h2*7H,1H2,(H,5,6);. The minimum absolute atomic E-state index is 0. The summed E-state index contributed by atoms with van der Waals surface area (Å²) in [7, 11) is 0. The van der Waals surface area contributed by atoms with Crippen LogP contribution >= 0.6 is 38.8 Å². The van der Waals surface area contributed by atoms with E-state index < -0.39 is 23.5 Å². The van der Waals surface area contributed by atoms with Gasteiger partial charge in [-0.2, -0.15) is 25.3 Å². The first-order valence-corrected chi connectivity index (χ1v) is 4.37. The van der Waals surface area contributed by atoms with E-state index in [4.69, 9.17) is 10.2 Å². The molecule has 86 valence electrons. The molecule has 0 saturated heterocycles. The molecule has 0 aromatic rings. The smallest absolute Gasteiger partial charge is 0.373 e. The molecule has 0 aromatic carbocycles. The number of Topliss-reactive ketones (excluding diaryl/α,β-unsaturated/α-hetero) is 2. The van der Waals surface area contributed by atoms with Gasteiger partial charge in [-0.15, -0.1) is 0 Å². The molecule has 6 nitrogen and oxygen atoms in total. The summed E-state index contributed by atoms with van der Waals surface area (Å²) in [5.74, 6) is -5.04. The second kappa shape index (κ2) is 11.4. The van der Waals surface area contributed by atoms with Crippen LogP contribution in [0, 0.1) is 0 Å². The average molecular weight is 272 g/mol. The molecule has 2 N–H and O–H groups in total. The van der Waals surface area contributed by atoms with Crippen LogP contribution in [0.4, 0.5) is 0 Å². The van der Waals surface area contributed by atoms with Crippen molar-refractivity contribution in [3.8, 4) is 0 Å².